The van der Waals surface area contributed by atoms with E-state index in [9.17, 15) is 9.90 Å². The van der Waals surface area contributed by atoms with Crippen LogP contribution in [0.3, 0.4) is 0 Å². The molecular formula is C24H32N4O3. The molecule has 2 fully saturated rings. The first-order chi connectivity index (χ1) is 15.1. The maximum atomic E-state index is 11.6. The second-order valence-corrected chi connectivity index (χ2v) is 8.52. The molecule has 2 saturated heterocycles. The number of carbonyl (C=O) groups excluding carboxylic acids is 1. The molecule has 1 aromatic carbocycles. The van der Waals surface area contributed by atoms with Crippen molar-refractivity contribution in [2.45, 2.75) is 37.8 Å². The summed E-state index contributed by atoms with van der Waals surface area (Å²) < 4.78 is 5.80. The highest BCUT2D eigenvalue weighted by atomic mass is 16.5. The Morgan fingerprint density at radius 1 is 1.16 bits per heavy atom. The van der Waals surface area contributed by atoms with Crippen molar-refractivity contribution in [1.29, 1.82) is 0 Å². The van der Waals surface area contributed by atoms with Gasteiger partial charge in [0, 0.05) is 51.9 Å². The molecule has 0 radical (unpaired) electrons. The molecule has 1 atom stereocenters. The van der Waals surface area contributed by atoms with Gasteiger partial charge in [-0.15, -0.1) is 0 Å². The molecule has 1 amide bonds. The lowest BCUT2D eigenvalue weighted by molar-refractivity contribution is -0.127. The molecule has 0 spiro atoms. The zero-order valence-electron chi connectivity index (χ0n) is 18.0. The van der Waals surface area contributed by atoms with Gasteiger partial charge in [-0.25, -0.2) is 4.98 Å². The summed E-state index contributed by atoms with van der Waals surface area (Å²) in [6.07, 6.45) is 5.04. The van der Waals surface area contributed by atoms with Crippen molar-refractivity contribution in [2.24, 2.45) is 0 Å². The highest BCUT2D eigenvalue weighted by Crippen LogP contribution is 2.25. The lowest BCUT2D eigenvalue weighted by Gasteiger charge is -2.24. The standard InChI is InChI=1S/C24H32N4O3/c29-23-6-3-13-27(23)14-4-16-31-21-9-7-20(8-10-21)17-25-18-24(30)11-15-28(19-24)22-5-1-2-12-26-22/h1-2,5,7-10,12,25,30H,3-4,6,11,13-19H2/t24-/m1/s1. The second kappa shape index (κ2) is 10.1. The summed E-state index contributed by atoms with van der Waals surface area (Å²) in [4.78, 5) is 20.0. The number of pyridine rings is 1. The molecule has 0 bridgehead atoms. The van der Waals surface area contributed by atoms with Crippen molar-refractivity contribution in [2.75, 3.05) is 44.2 Å². The molecule has 0 unspecified atom stereocenters. The molecule has 0 aliphatic carbocycles. The summed E-state index contributed by atoms with van der Waals surface area (Å²) in [5.74, 6) is 2.03. The molecular weight excluding hydrogens is 392 g/mol. The number of aromatic nitrogens is 1. The van der Waals surface area contributed by atoms with Gasteiger partial charge in [0.2, 0.25) is 5.91 Å². The Balaban J connectivity index is 1.15. The first-order valence-corrected chi connectivity index (χ1v) is 11.2. The van der Waals surface area contributed by atoms with Crippen LogP contribution in [0.2, 0.25) is 0 Å². The number of amides is 1. The molecule has 1 aromatic heterocycles. The molecule has 2 aliphatic rings. The van der Waals surface area contributed by atoms with E-state index in [1.165, 1.54) is 0 Å². The summed E-state index contributed by atoms with van der Waals surface area (Å²) >= 11 is 0. The van der Waals surface area contributed by atoms with Gasteiger partial charge in [-0.2, -0.15) is 0 Å². The van der Waals surface area contributed by atoms with Gasteiger partial charge in [-0.1, -0.05) is 18.2 Å². The fourth-order valence-electron chi connectivity index (χ4n) is 4.27. The van der Waals surface area contributed by atoms with E-state index in [-0.39, 0.29) is 5.91 Å². The number of anilines is 1. The van der Waals surface area contributed by atoms with Crippen molar-refractivity contribution in [1.82, 2.24) is 15.2 Å². The third-order valence-electron chi connectivity index (χ3n) is 6.02. The zero-order valence-corrected chi connectivity index (χ0v) is 18.0. The number of hydrogen-bond donors (Lipinski definition) is 2. The molecule has 0 saturated carbocycles. The van der Waals surface area contributed by atoms with Gasteiger partial charge >= 0.3 is 0 Å². The third kappa shape index (κ3) is 5.95. The molecule has 4 rings (SSSR count). The van der Waals surface area contributed by atoms with Crippen LogP contribution in [0.4, 0.5) is 5.82 Å². The van der Waals surface area contributed by atoms with Crippen LogP contribution in [0.25, 0.3) is 0 Å². The second-order valence-electron chi connectivity index (χ2n) is 8.52. The summed E-state index contributed by atoms with van der Waals surface area (Å²) in [5, 5.41) is 14.3. The zero-order chi connectivity index (χ0) is 21.5. The predicted octanol–water partition coefficient (Wildman–Crippen LogP) is 2.20. The Labute approximate surface area is 184 Å². The van der Waals surface area contributed by atoms with E-state index in [0.29, 0.717) is 32.7 Å². The number of nitrogens with one attached hydrogen (secondary N) is 1. The van der Waals surface area contributed by atoms with E-state index in [2.05, 4.69) is 15.2 Å². The highest BCUT2D eigenvalue weighted by Gasteiger charge is 2.36. The molecule has 31 heavy (non-hydrogen) atoms. The highest BCUT2D eigenvalue weighted by molar-refractivity contribution is 5.77. The van der Waals surface area contributed by atoms with E-state index in [4.69, 9.17) is 4.74 Å². The number of carbonyl (C=O) groups is 1. The van der Waals surface area contributed by atoms with Crippen LogP contribution in [-0.4, -0.2) is 65.8 Å². The van der Waals surface area contributed by atoms with Crippen LogP contribution in [0.15, 0.2) is 48.7 Å². The lowest BCUT2D eigenvalue weighted by Crippen LogP contribution is -2.43. The predicted molar refractivity (Wildman–Crippen MR) is 120 cm³/mol. The van der Waals surface area contributed by atoms with Crippen LogP contribution in [0, 0.1) is 0 Å². The molecule has 7 heteroatoms. The Hall–Kier alpha value is -2.64. The van der Waals surface area contributed by atoms with Crippen LogP contribution in [-0.2, 0) is 11.3 Å². The van der Waals surface area contributed by atoms with Gasteiger partial charge in [-0.3, -0.25) is 4.79 Å². The molecule has 3 heterocycles. The average Bonchev–Trinajstić information content (AvgIpc) is 3.38. The first-order valence-electron chi connectivity index (χ1n) is 11.2. The Morgan fingerprint density at radius 3 is 2.77 bits per heavy atom. The number of nitrogens with zero attached hydrogens (tertiary/aromatic N) is 3. The van der Waals surface area contributed by atoms with Crippen molar-refractivity contribution in [3.63, 3.8) is 0 Å². The number of hydrogen-bond acceptors (Lipinski definition) is 6. The van der Waals surface area contributed by atoms with Crippen LogP contribution in [0.5, 0.6) is 5.75 Å². The van der Waals surface area contributed by atoms with Gasteiger partial charge in [0.05, 0.1) is 12.2 Å². The average molecular weight is 425 g/mol. The summed E-state index contributed by atoms with van der Waals surface area (Å²) in [6.45, 7) is 4.92. The fraction of sp³-hybridized carbons (Fsp3) is 0.500. The fourth-order valence-corrected chi connectivity index (χ4v) is 4.27. The maximum Gasteiger partial charge on any atom is 0.222 e. The quantitative estimate of drug-likeness (QED) is 0.570. The smallest absolute Gasteiger partial charge is 0.222 e. The van der Waals surface area contributed by atoms with Crippen LogP contribution in [0.1, 0.15) is 31.2 Å². The van der Waals surface area contributed by atoms with Gasteiger partial charge in [0.25, 0.3) is 0 Å². The number of aliphatic hydroxyl groups is 1. The van der Waals surface area contributed by atoms with E-state index in [1.54, 1.807) is 6.20 Å². The molecule has 2 aliphatic heterocycles. The molecule has 2 N–H and O–H groups in total. The van der Waals surface area contributed by atoms with Gasteiger partial charge < -0.3 is 25.0 Å². The summed E-state index contributed by atoms with van der Waals surface area (Å²) in [6, 6.07) is 13.9. The summed E-state index contributed by atoms with van der Waals surface area (Å²) in [5.41, 5.74) is 0.412. The topological polar surface area (TPSA) is 77.9 Å². The first kappa shape index (κ1) is 21.6. The number of rotatable bonds is 10. The Bertz CT molecular complexity index is 846. The van der Waals surface area contributed by atoms with Gasteiger partial charge in [-0.05, 0) is 49.1 Å². The van der Waals surface area contributed by atoms with E-state index < -0.39 is 5.60 Å². The Kier molecular flexibility index (Phi) is 7.04. The van der Waals surface area contributed by atoms with Crippen molar-refractivity contribution < 1.29 is 14.6 Å². The minimum atomic E-state index is -0.739. The van der Waals surface area contributed by atoms with E-state index in [0.717, 1.165) is 56.0 Å². The van der Waals surface area contributed by atoms with Crippen LogP contribution >= 0.6 is 0 Å². The van der Waals surface area contributed by atoms with Gasteiger partial charge in [0.15, 0.2) is 0 Å². The number of benzene rings is 1. The largest absolute Gasteiger partial charge is 0.494 e. The monoisotopic (exact) mass is 424 g/mol. The summed E-state index contributed by atoms with van der Waals surface area (Å²) in [7, 11) is 0. The maximum absolute atomic E-state index is 11.6. The molecule has 7 nitrogen and oxygen atoms in total. The SMILES string of the molecule is O=C1CCCN1CCCOc1ccc(CNC[C@]2(O)CCN(c3ccccn3)C2)cc1. The normalized spacial score (nSPS) is 21.1. The minimum Gasteiger partial charge on any atom is -0.494 e. The van der Waals surface area contributed by atoms with E-state index in [1.807, 2.05) is 47.4 Å². The molecule has 2 aromatic rings. The number of likely N-dealkylation sites (tertiary alicyclic amines) is 1. The van der Waals surface area contributed by atoms with Crippen molar-refractivity contribution in [3.05, 3.63) is 54.2 Å². The molecule has 166 valence electrons. The van der Waals surface area contributed by atoms with Gasteiger partial charge in [0.1, 0.15) is 11.6 Å². The lowest BCUT2D eigenvalue weighted by atomic mass is 10.0. The van der Waals surface area contributed by atoms with Crippen molar-refractivity contribution in [3.8, 4) is 5.75 Å². The number of ether oxygens (including phenoxy) is 1. The Morgan fingerprint density at radius 2 is 2.03 bits per heavy atom. The van der Waals surface area contributed by atoms with E-state index >= 15 is 0 Å². The third-order valence-corrected chi connectivity index (χ3v) is 6.02. The number of β-amino-alcohol motifs (C(OH)–C–C–N with tert-alkyl or cyclic N) is 1. The van der Waals surface area contributed by atoms with Crippen molar-refractivity contribution >= 4 is 11.7 Å². The minimum absolute atomic E-state index is 0.267. The van der Waals surface area contributed by atoms with Crippen LogP contribution < -0.4 is 15.0 Å².